The summed E-state index contributed by atoms with van der Waals surface area (Å²) in [4.78, 5) is 29.7. The minimum Gasteiger partial charge on any atom is -0.618 e. The minimum absolute atomic E-state index is 0.0532. The van der Waals surface area contributed by atoms with Crippen molar-refractivity contribution in [3.8, 4) is 17.6 Å². The number of pyridine rings is 2. The third-order valence-electron chi connectivity index (χ3n) is 10.8. The summed E-state index contributed by atoms with van der Waals surface area (Å²) in [6, 6.07) is 13.9. The number of carbonyl (C=O) groups is 2. The summed E-state index contributed by atoms with van der Waals surface area (Å²) in [6.45, 7) is -7.68. The van der Waals surface area contributed by atoms with Crippen molar-refractivity contribution in [2.75, 3.05) is 0 Å². The normalized spacial score (nSPS) is 14.4. The second-order valence-electron chi connectivity index (χ2n) is 15.6. The van der Waals surface area contributed by atoms with Gasteiger partial charge in [-0.3, -0.25) is 9.59 Å². The molecule has 8 nitrogen and oxygen atoms in total. The van der Waals surface area contributed by atoms with Gasteiger partial charge in [0.1, 0.15) is 23.3 Å². The maximum Gasteiger partial charge on any atom is 0.457 e. The maximum atomic E-state index is 14.9. The summed E-state index contributed by atoms with van der Waals surface area (Å²) in [6.07, 6.45) is -28.4. The molecule has 0 fully saturated rings. The van der Waals surface area contributed by atoms with Crippen LogP contribution in [0.1, 0.15) is 48.7 Å². The van der Waals surface area contributed by atoms with Crippen LogP contribution in [0.15, 0.2) is 91.1 Å². The van der Waals surface area contributed by atoms with Gasteiger partial charge >= 0.3 is 61.1 Å². The highest BCUT2D eigenvalue weighted by atomic mass is 127. The first-order valence-electron chi connectivity index (χ1n) is 20.1. The first-order chi connectivity index (χ1) is 35.1. The number of ether oxygens (including phenoxy) is 2. The maximum absolute atomic E-state index is 14.9. The van der Waals surface area contributed by atoms with Crippen molar-refractivity contribution in [1.82, 2.24) is 4.98 Å². The van der Waals surface area contributed by atoms with Crippen molar-refractivity contribution in [3.05, 3.63) is 143 Å². The number of alkyl halides is 22. The zero-order valence-electron chi connectivity index (χ0n) is 36.7. The molecular formula is C45H21F22I2N3O5. The average Bonchev–Trinajstić information content (AvgIpc) is 3.30. The van der Waals surface area contributed by atoms with E-state index in [2.05, 4.69) is 14.5 Å². The molecule has 0 aliphatic carbocycles. The molecular weight excluding hydrogens is 1330 g/mol. The van der Waals surface area contributed by atoms with E-state index in [1.54, 1.807) is 6.07 Å². The number of carbonyl (C=O) groups excluding carboxylic acids is 2. The molecule has 2 aromatic heterocycles. The van der Waals surface area contributed by atoms with Gasteiger partial charge in [0.05, 0.1) is 5.52 Å². The summed E-state index contributed by atoms with van der Waals surface area (Å²) in [5, 5.41) is 21.3. The van der Waals surface area contributed by atoms with Gasteiger partial charge in [-0.05, 0) is 118 Å². The van der Waals surface area contributed by atoms with Gasteiger partial charge in [0.15, 0.2) is 17.8 Å². The van der Waals surface area contributed by atoms with Crippen LogP contribution in [-0.2, 0) is 24.2 Å². The number of fused-ring (bicyclic) bond motifs is 2. The first kappa shape index (κ1) is 61.7. The van der Waals surface area contributed by atoms with Crippen molar-refractivity contribution in [2.45, 2.75) is 74.0 Å². The van der Waals surface area contributed by atoms with Gasteiger partial charge < -0.3 is 14.7 Å². The molecule has 77 heavy (non-hydrogen) atoms. The lowest BCUT2D eigenvalue weighted by molar-refractivity contribution is -0.577. The lowest BCUT2D eigenvalue weighted by atomic mass is 9.86. The van der Waals surface area contributed by atoms with Crippen LogP contribution >= 0.6 is 45.2 Å². The van der Waals surface area contributed by atoms with Gasteiger partial charge in [-0.1, -0.05) is 0 Å². The van der Waals surface area contributed by atoms with Crippen molar-refractivity contribution in [1.29, 1.82) is 5.26 Å². The van der Waals surface area contributed by atoms with E-state index in [1.165, 1.54) is 54.6 Å². The van der Waals surface area contributed by atoms with Crippen LogP contribution < -0.4 is 14.2 Å². The van der Waals surface area contributed by atoms with Gasteiger partial charge in [0, 0.05) is 76.3 Å². The Balaban J connectivity index is 0.000000284. The van der Waals surface area contributed by atoms with Crippen molar-refractivity contribution in [3.63, 3.8) is 0 Å². The second kappa shape index (κ2) is 21.9. The van der Waals surface area contributed by atoms with Crippen molar-refractivity contribution in [2.24, 2.45) is 0 Å². The predicted molar refractivity (Wildman–Crippen MR) is 237 cm³/mol. The Labute approximate surface area is 441 Å². The Hall–Kier alpha value is -6.15. The molecule has 2 heterocycles. The lowest BCUT2D eigenvalue weighted by Crippen LogP contribution is -2.59. The van der Waals surface area contributed by atoms with Crippen LogP contribution in [0.5, 0.6) is 11.5 Å². The summed E-state index contributed by atoms with van der Waals surface area (Å²) >= 11 is 2.14. The summed E-state index contributed by atoms with van der Waals surface area (Å²) < 4.78 is 302. The van der Waals surface area contributed by atoms with Gasteiger partial charge in [0.2, 0.25) is 5.52 Å². The fourth-order valence-corrected chi connectivity index (χ4v) is 8.64. The zero-order valence-corrected chi connectivity index (χ0v) is 41.0. The van der Waals surface area contributed by atoms with E-state index in [4.69, 9.17) is 5.26 Å². The third kappa shape index (κ3) is 12.1. The third-order valence-corrected chi connectivity index (χ3v) is 12.7. The average molecular weight is 1360 g/mol. The van der Waals surface area contributed by atoms with E-state index in [-0.39, 0.29) is 52.0 Å². The number of ketones is 2. The monoisotopic (exact) mass is 1350 g/mol. The van der Waals surface area contributed by atoms with E-state index < -0.39 is 126 Å². The number of nitriles is 1. The number of halogens is 24. The predicted octanol–water partition coefficient (Wildman–Crippen LogP) is 14.7. The highest BCUT2D eigenvalue weighted by Gasteiger charge is 2.83. The van der Waals surface area contributed by atoms with E-state index in [1.807, 2.05) is 0 Å². The fraction of sp³-hybridized carbons (Fsp3) is 0.267. The molecule has 0 N–H and O–H groups in total. The second-order valence-corrected chi connectivity index (χ2v) is 17.9. The number of benzene rings is 4. The number of hydrogen-bond acceptors (Lipinski definition) is 7. The summed E-state index contributed by atoms with van der Waals surface area (Å²) in [5.41, 5.74) is -18.5. The number of rotatable bonds is 14. The SMILES string of the molecule is N#Cc1ccc2cc(C(=O)Cc3c(I)cc(C(F)(C(F)(F)F)C(F)(F)C(F)(F)F)cc3OC(F)F)ccc2n1.O=C(Cc1c(I)cc(C(F)(C(F)(F)F)C(F)(F)C(F)(F)F)cc1OC(F)F)c1ccc2c(ccc[n+]2[O-])c1. The molecule has 0 aliphatic heterocycles. The molecule has 0 bridgehead atoms. The summed E-state index contributed by atoms with van der Waals surface area (Å²) in [7, 11) is 0. The molecule has 32 heteroatoms. The molecule has 2 unspecified atom stereocenters. The lowest BCUT2D eigenvalue weighted by Gasteiger charge is -2.36. The van der Waals surface area contributed by atoms with Gasteiger partial charge in [0.25, 0.3) is 0 Å². The van der Waals surface area contributed by atoms with Crippen LogP contribution in [0.3, 0.4) is 0 Å². The molecule has 6 rings (SSSR count). The molecule has 0 saturated carbocycles. The van der Waals surface area contributed by atoms with Crippen LogP contribution in [0.4, 0.5) is 96.6 Å². The zero-order chi connectivity index (χ0) is 58.4. The van der Waals surface area contributed by atoms with Crippen molar-refractivity contribution >= 4 is 78.6 Å². The topological polar surface area (TPSA) is 116 Å². The van der Waals surface area contributed by atoms with Crippen LogP contribution in [0, 0.1) is 23.7 Å². The smallest absolute Gasteiger partial charge is 0.457 e. The first-order valence-corrected chi connectivity index (χ1v) is 22.2. The number of Topliss-reactive ketones (excluding diaryl/α,β-unsaturated/α-hetero) is 2. The Morgan fingerprint density at radius 2 is 0.987 bits per heavy atom. The Morgan fingerprint density at radius 1 is 0.571 bits per heavy atom. The molecule has 2 atom stereocenters. The summed E-state index contributed by atoms with van der Waals surface area (Å²) in [5.74, 6) is -18.7. The molecule has 0 spiro atoms. The number of nitrogens with zero attached hydrogens (tertiary/aromatic N) is 3. The van der Waals surface area contributed by atoms with Gasteiger partial charge in [-0.15, -0.1) is 0 Å². The van der Waals surface area contributed by atoms with E-state index in [9.17, 15) is 111 Å². The molecule has 0 radical (unpaired) electrons. The molecule has 0 aliphatic rings. The van der Waals surface area contributed by atoms with Crippen LogP contribution in [0.2, 0.25) is 0 Å². The highest BCUT2D eigenvalue weighted by Crippen LogP contribution is 2.60. The number of aromatic nitrogens is 2. The molecule has 414 valence electrons. The standard InChI is InChI=1S/C23H10F11IN2O2.C22H11F11INO3/c24-19(25)39-18-7-12(20(26,22(29,30)31)21(27,28)23(32,33)34)6-15(35)14(18)8-17(38)11-2-4-16-10(5-11)1-3-13(9-36)37-16;23-18(24)38-17-8-12(19(25,21(28,29)30)20(26,27)22(31,32)33)7-14(34)13(17)9-16(36)11-3-4-15-10(6-11)2-1-5-35(15)37/h1-7,19H,8H2;1-8,18H,9H2. The highest BCUT2D eigenvalue weighted by molar-refractivity contribution is 14.1. The number of hydrogen-bond donors (Lipinski definition) is 0. The quantitative estimate of drug-likeness (QED) is 0.0351. The van der Waals surface area contributed by atoms with E-state index >= 15 is 0 Å². The fourth-order valence-electron chi connectivity index (χ4n) is 7.06. The van der Waals surface area contributed by atoms with E-state index in [0.29, 0.717) is 15.6 Å². The van der Waals surface area contributed by atoms with Crippen molar-refractivity contribution < 1.29 is 120 Å². The minimum atomic E-state index is -7.04. The molecule has 0 amide bonds. The Kier molecular flexibility index (Phi) is 17.6. The Bertz CT molecular complexity index is 3270. The van der Waals surface area contributed by atoms with Gasteiger partial charge in [-0.2, -0.15) is 97.8 Å². The van der Waals surface area contributed by atoms with Crippen LogP contribution in [0.25, 0.3) is 21.8 Å². The molecule has 6 aromatic rings. The van der Waals surface area contributed by atoms with Crippen LogP contribution in [-0.4, -0.2) is 66.3 Å². The Morgan fingerprint density at radius 3 is 1.38 bits per heavy atom. The van der Waals surface area contributed by atoms with Gasteiger partial charge in [-0.25, -0.2) is 13.8 Å². The largest absolute Gasteiger partial charge is 0.618 e. The van der Waals surface area contributed by atoms with E-state index in [0.717, 1.165) is 57.4 Å². The molecule has 4 aromatic carbocycles. The molecule has 0 saturated heterocycles.